The van der Waals surface area contributed by atoms with Crippen molar-refractivity contribution in [3.05, 3.63) is 45.6 Å². The predicted molar refractivity (Wildman–Crippen MR) is 85.9 cm³/mol. The number of aromatic nitrogens is 4. The molecule has 0 fully saturated rings. The van der Waals surface area contributed by atoms with Gasteiger partial charge < -0.3 is 5.32 Å². The van der Waals surface area contributed by atoms with E-state index in [-0.39, 0.29) is 12.5 Å². The Morgan fingerprint density at radius 3 is 3.05 bits per heavy atom. The van der Waals surface area contributed by atoms with Crippen LogP contribution in [0.4, 0.5) is 5.69 Å². The van der Waals surface area contributed by atoms with Crippen molar-refractivity contribution < 1.29 is 4.79 Å². The van der Waals surface area contributed by atoms with Crippen molar-refractivity contribution in [2.24, 2.45) is 0 Å². The predicted octanol–water partition coefficient (Wildman–Crippen LogP) is 3.00. The third kappa shape index (κ3) is 3.15. The Morgan fingerprint density at radius 2 is 2.27 bits per heavy atom. The van der Waals surface area contributed by atoms with E-state index in [1.807, 2.05) is 23.8 Å². The molecule has 0 aliphatic rings. The Kier molecular flexibility index (Phi) is 4.17. The van der Waals surface area contributed by atoms with Gasteiger partial charge in [-0.1, -0.05) is 17.7 Å². The molecule has 0 saturated carbocycles. The van der Waals surface area contributed by atoms with E-state index in [2.05, 4.69) is 20.7 Å². The molecule has 1 aromatic carbocycles. The van der Waals surface area contributed by atoms with Crippen LogP contribution in [0.25, 0.3) is 11.4 Å². The first kappa shape index (κ1) is 14.7. The van der Waals surface area contributed by atoms with E-state index in [4.69, 9.17) is 11.6 Å². The number of nitrogens with zero attached hydrogens (tertiary/aromatic N) is 4. The molecule has 3 aromatic rings. The Bertz CT molecular complexity index is 799. The van der Waals surface area contributed by atoms with Crippen molar-refractivity contribution in [1.29, 1.82) is 0 Å². The van der Waals surface area contributed by atoms with Crippen LogP contribution < -0.4 is 5.32 Å². The quantitative estimate of drug-likeness (QED) is 0.796. The van der Waals surface area contributed by atoms with E-state index in [0.717, 1.165) is 11.1 Å². The smallest absolute Gasteiger partial charge is 0.248 e. The average molecular weight is 334 g/mol. The Labute approximate surface area is 135 Å². The first-order valence-electron chi connectivity index (χ1n) is 6.49. The van der Waals surface area contributed by atoms with Gasteiger partial charge in [0.1, 0.15) is 6.54 Å². The highest BCUT2D eigenvalue weighted by Crippen LogP contribution is 2.22. The second-order valence-corrected chi connectivity index (χ2v) is 5.80. The maximum absolute atomic E-state index is 12.1. The molecule has 0 spiro atoms. The molecular weight excluding hydrogens is 322 g/mol. The topological polar surface area (TPSA) is 72.7 Å². The molecule has 1 amide bonds. The van der Waals surface area contributed by atoms with Crippen LogP contribution in [0.15, 0.2) is 35.0 Å². The average Bonchev–Trinajstić information content (AvgIpc) is 3.14. The van der Waals surface area contributed by atoms with Crippen molar-refractivity contribution in [2.45, 2.75) is 13.5 Å². The van der Waals surface area contributed by atoms with Crippen LogP contribution in [-0.2, 0) is 11.3 Å². The van der Waals surface area contributed by atoms with E-state index in [1.54, 1.807) is 29.5 Å². The minimum absolute atomic E-state index is 0.0108. The largest absolute Gasteiger partial charge is 0.324 e. The second kappa shape index (κ2) is 6.25. The van der Waals surface area contributed by atoms with Gasteiger partial charge in [0.25, 0.3) is 0 Å². The Hall–Kier alpha value is -2.25. The summed E-state index contributed by atoms with van der Waals surface area (Å²) >= 11 is 7.58. The zero-order valence-electron chi connectivity index (χ0n) is 11.7. The molecule has 6 nitrogen and oxygen atoms in total. The normalized spacial score (nSPS) is 10.6. The third-order valence-corrected chi connectivity index (χ3v) is 4.15. The van der Waals surface area contributed by atoms with Gasteiger partial charge in [-0.25, -0.2) is 0 Å². The summed E-state index contributed by atoms with van der Waals surface area (Å²) in [5.74, 6) is 0.271. The Morgan fingerprint density at radius 1 is 1.41 bits per heavy atom. The van der Waals surface area contributed by atoms with Crippen LogP contribution in [0.5, 0.6) is 0 Å². The van der Waals surface area contributed by atoms with Gasteiger partial charge in [0, 0.05) is 21.7 Å². The second-order valence-electron chi connectivity index (χ2n) is 4.62. The van der Waals surface area contributed by atoms with Gasteiger partial charge >= 0.3 is 0 Å². The Balaban J connectivity index is 1.68. The van der Waals surface area contributed by atoms with Crippen molar-refractivity contribution >= 4 is 34.5 Å². The standard InChI is InChI=1S/C14H12ClN5OS/c1-9-11(15)3-2-4-12(9)16-13(21)7-20-18-14(17-19-20)10-5-6-22-8-10/h2-6,8H,7H2,1H3,(H,16,21). The molecule has 2 heterocycles. The van der Waals surface area contributed by atoms with Crippen LogP contribution in [-0.4, -0.2) is 26.1 Å². The van der Waals surface area contributed by atoms with E-state index < -0.39 is 0 Å². The fourth-order valence-electron chi connectivity index (χ4n) is 1.88. The van der Waals surface area contributed by atoms with E-state index in [0.29, 0.717) is 16.5 Å². The number of thiophene rings is 1. The summed E-state index contributed by atoms with van der Waals surface area (Å²) in [6.07, 6.45) is 0. The van der Waals surface area contributed by atoms with Gasteiger partial charge in [-0.05, 0) is 41.3 Å². The molecule has 0 aliphatic heterocycles. The fourth-order valence-corrected chi connectivity index (χ4v) is 2.69. The number of benzene rings is 1. The molecule has 22 heavy (non-hydrogen) atoms. The van der Waals surface area contributed by atoms with Crippen molar-refractivity contribution in [2.75, 3.05) is 5.32 Å². The molecule has 0 unspecified atom stereocenters. The molecular formula is C14H12ClN5OS. The van der Waals surface area contributed by atoms with Gasteiger partial charge in [0.05, 0.1) is 0 Å². The highest BCUT2D eigenvalue weighted by atomic mass is 35.5. The molecule has 0 aliphatic carbocycles. The number of rotatable bonds is 4. The molecule has 0 radical (unpaired) electrons. The van der Waals surface area contributed by atoms with Gasteiger partial charge in [0.2, 0.25) is 11.7 Å². The zero-order valence-corrected chi connectivity index (χ0v) is 13.2. The van der Waals surface area contributed by atoms with Gasteiger partial charge in [0.15, 0.2) is 0 Å². The van der Waals surface area contributed by atoms with Gasteiger partial charge in [-0.3, -0.25) is 4.79 Å². The lowest BCUT2D eigenvalue weighted by molar-refractivity contribution is -0.117. The van der Waals surface area contributed by atoms with Crippen LogP contribution in [0.3, 0.4) is 0 Å². The summed E-state index contributed by atoms with van der Waals surface area (Å²) < 4.78 is 0. The summed E-state index contributed by atoms with van der Waals surface area (Å²) in [7, 11) is 0. The molecule has 3 rings (SSSR count). The lowest BCUT2D eigenvalue weighted by Crippen LogP contribution is -2.21. The maximum atomic E-state index is 12.1. The first-order chi connectivity index (χ1) is 10.6. The molecule has 112 valence electrons. The first-order valence-corrected chi connectivity index (χ1v) is 7.81. The SMILES string of the molecule is Cc1c(Cl)cccc1NC(=O)Cn1nnc(-c2ccsc2)n1. The number of carbonyl (C=O) groups excluding carboxylic acids is 1. The minimum Gasteiger partial charge on any atom is -0.324 e. The van der Waals surface area contributed by atoms with Crippen molar-refractivity contribution in [3.8, 4) is 11.4 Å². The highest BCUT2D eigenvalue weighted by Gasteiger charge is 2.11. The number of nitrogens with one attached hydrogen (secondary N) is 1. The molecule has 0 atom stereocenters. The number of tetrazole rings is 1. The maximum Gasteiger partial charge on any atom is 0.248 e. The van der Waals surface area contributed by atoms with Gasteiger partial charge in [-0.15, -0.1) is 10.2 Å². The highest BCUT2D eigenvalue weighted by molar-refractivity contribution is 7.08. The zero-order chi connectivity index (χ0) is 15.5. The van der Waals surface area contributed by atoms with Crippen LogP contribution in [0.2, 0.25) is 5.02 Å². The number of hydrogen-bond donors (Lipinski definition) is 1. The molecule has 0 saturated heterocycles. The fraction of sp³-hybridized carbons (Fsp3) is 0.143. The number of hydrogen-bond acceptors (Lipinski definition) is 5. The lowest BCUT2D eigenvalue weighted by Gasteiger charge is -2.08. The van der Waals surface area contributed by atoms with Crippen LogP contribution in [0.1, 0.15) is 5.56 Å². The van der Waals surface area contributed by atoms with Crippen LogP contribution in [0, 0.1) is 6.92 Å². The monoisotopic (exact) mass is 333 g/mol. The molecule has 1 N–H and O–H groups in total. The minimum atomic E-state index is -0.236. The number of amides is 1. The number of anilines is 1. The summed E-state index contributed by atoms with van der Waals surface area (Å²) in [5.41, 5.74) is 2.39. The van der Waals surface area contributed by atoms with E-state index >= 15 is 0 Å². The number of halogens is 1. The van der Waals surface area contributed by atoms with Gasteiger partial charge in [-0.2, -0.15) is 16.1 Å². The lowest BCUT2D eigenvalue weighted by atomic mass is 10.2. The van der Waals surface area contributed by atoms with E-state index in [9.17, 15) is 4.79 Å². The molecule has 2 aromatic heterocycles. The summed E-state index contributed by atoms with van der Waals surface area (Å²) in [6.45, 7) is 1.84. The van der Waals surface area contributed by atoms with E-state index in [1.165, 1.54) is 4.80 Å². The van der Waals surface area contributed by atoms with Crippen molar-refractivity contribution in [3.63, 3.8) is 0 Å². The van der Waals surface area contributed by atoms with Crippen LogP contribution >= 0.6 is 22.9 Å². The van der Waals surface area contributed by atoms with Crippen molar-refractivity contribution in [1.82, 2.24) is 20.2 Å². The number of carbonyl (C=O) groups is 1. The molecule has 8 heteroatoms. The molecule has 0 bridgehead atoms. The summed E-state index contributed by atoms with van der Waals surface area (Å²) in [4.78, 5) is 13.3. The summed E-state index contributed by atoms with van der Waals surface area (Å²) in [5, 5.41) is 19.3. The third-order valence-electron chi connectivity index (χ3n) is 3.06. The summed E-state index contributed by atoms with van der Waals surface area (Å²) in [6, 6.07) is 7.26.